The van der Waals surface area contributed by atoms with E-state index in [0.717, 1.165) is 0 Å². The van der Waals surface area contributed by atoms with Crippen LogP contribution < -0.4 is 0 Å². The zero-order chi connectivity index (χ0) is 13.6. The van der Waals surface area contributed by atoms with Crippen LogP contribution in [0.25, 0.3) is 0 Å². The molecule has 2 aromatic rings. The molecule has 0 saturated carbocycles. The lowest BCUT2D eigenvalue weighted by Gasteiger charge is -1.72. The van der Waals surface area contributed by atoms with Crippen molar-refractivity contribution in [1.29, 1.82) is 0 Å². The van der Waals surface area contributed by atoms with Crippen LogP contribution >= 0.6 is 0 Å². The van der Waals surface area contributed by atoms with Crippen molar-refractivity contribution < 1.29 is 19.8 Å². The predicted molar refractivity (Wildman–Crippen MR) is 68.2 cm³/mol. The van der Waals surface area contributed by atoms with Gasteiger partial charge in [0.2, 0.25) is 0 Å². The standard InChI is InChI=1S/2C6H6.C2H2O4/c2*1-2-4-6-5-3-1;3-1(4)2(5)6/h2*1-6H;(H,3,4)(H,5,6). The lowest BCUT2D eigenvalue weighted by molar-refractivity contribution is -0.159. The first-order valence-electron chi connectivity index (χ1n) is 5.11. The van der Waals surface area contributed by atoms with Gasteiger partial charge in [0.25, 0.3) is 0 Å². The Kier molecular flexibility index (Phi) is 9.30. The van der Waals surface area contributed by atoms with E-state index < -0.39 is 11.9 Å². The Labute approximate surface area is 105 Å². The van der Waals surface area contributed by atoms with Gasteiger partial charge >= 0.3 is 11.9 Å². The summed E-state index contributed by atoms with van der Waals surface area (Å²) in [4.78, 5) is 18.2. The predicted octanol–water partition coefficient (Wildman–Crippen LogP) is 2.53. The number of hydrogen-bond acceptors (Lipinski definition) is 2. The highest BCUT2D eigenvalue weighted by Crippen LogP contribution is 1.80. The maximum atomic E-state index is 9.10. The van der Waals surface area contributed by atoms with E-state index in [4.69, 9.17) is 19.8 Å². The van der Waals surface area contributed by atoms with Crippen LogP contribution in [0.5, 0.6) is 0 Å². The van der Waals surface area contributed by atoms with Crippen LogP contribution in [0, 0.1) is 0 Å². The molecule has 0 aliphatic rings. The van der Waals surface area contributed by atoms with Gasteiger partial charge in [-0.05, 0) is 0 Å². The topological polar surface area (TPSA) is 74.6 Å². The average Bonchev–Trinajstić information content (AvgIpc) is 2.44. The minimum Gasteiger partial charge on any atom is -0.473 e. The van der Waals surface area contributed by atoms with Crippen LogP contribution in [0.1, 0.15) is 0 Å². The normalized spacial score (nSPS) is 7.78. The van der Waals surface area contributed by atoms with Gasteiger partial charge in [-0.25, -0.2) is 9.59 Å². The van der Waals surface area contributed by atoms with Crippen LogP contribution in [0.2, 0.25) is 0 Å². The number of rotatable bonds is 0. The summed E-state index contributed by atoms with van der Waals surface area (Å²) in [6.07, 6.45) is 0. The highest BCUT2D eigenvalue weighted by molar-refractivity contribution is 6.27. The van der Waals surface area contributed by atoms with Crippen molar-refractivity contribution in [1.82, 2.24) is 0 Å². The molecule has 0 heterocycles. The molecule has 0 aliphatic carbocycles. The molecule has 18 heavy (non-hydrogen) atoms. The van der Waals surface area contributed by atoms with Crippen molar-refractivity contribution in [2.75, 3.05) is 0 Å². The third-order valence-corrected chi connectivity index (χ3v) is 1.52. The van der Waals surface area contributed by atoms with Gasteiger partial charge in [0.1, 0.15) is 0 Å². The molecule has 0 unspecified atom stereocenters. The molecule has 0 bridgehead atoms. The summed E-state index contributed by atoms with van der Waals surface area (Å²) in [7, 11) is 0. The van der Waals surface area contributed by atoms with Crippen molar-refractivity contribution in [2.45, 2.75) is 0 Å². The summed E-state index contributed by atoms with van der Waals surface area (Å²) < 4.78 is 0. The Bertz CT molecular complexity index is 329. The van der Waals surface area contributed by atoms with Crippen LogP contribution in [-0.2, 0) is 9.59 Å². The Morgan fingerprint density at radius 3 is 0.611 bits per heavy atom. The molecule has 0 atom stereocenters. The summed E-state index contributed by atoms with van der Waals surface area (Å²) >= 11 is 0. The number of carbonyl (C=O) groups is 2. The van der Waals surface area contributed by atoms with Crippen molar-refractivity contribution in [3.8, 4) is 0 Å². The molecule has 4 nitrogen and oxygen atoms in total. The molecular weight excluding hydrogens is 232 g/mol. The van der Waals surface area contributed by atoms with Gasteiger partial charge in [-0.2, -0.15) is 0 Å². The monoisotopic (exact) mass is 246 g/mol. The molecule has 0 spiro atoms. The molecule has 0 aromatic heterocycles. The smallest absolute Gasteiger partial charge is 0.414 e. The van der Waals surface area contributed by atoms with Crippen molar-refractivity contribution in [3.63, 3.8) is 0 Å². The largest absolute Gasteiger partial charge is 0.473 e. The van der Waals surface area contributed by atoms with E-state index in [0.29, 0.717) is 0 Å². The molecule has 94 valence electrons. The molecule has 0 saturated heterocycles. The first-order chi connectivity index (χ1) is 8.64. The fourth-order valence-electron chi connectivity index (χ4n) is 0.770. The molecular formula is C14H14O4. The fourth-order valence-corrected chi connectivity index (χ4v) is 0.770. The maximum absolute atomic E-state index is 9.10. The van der Waals surface area contributed by atoms with Gasteiger partial charge in [0.15, 0.2) is 0 Å². The maximum Gasteiger partial charge on any atom is 0.414 e. The lowest BCUT2D eigenvalue weighted by atomic mass is 10.4. The third-order valence-electron chi connectivity index (χ3n) is 1.52. The van der Waals surface area contributed by atoms with E-state index in [1.54, 1.807) is 0 Å². The second-order valence-electron chi connectivity index (χ2n) is 2.92. The summed E-state index contributed by atoms with van der Waals surface area (Å²) in [5, 5.41) is 14.8. The van der Waals surface area contributed by atoms with Crippen molar-refractivity contribution >= 4 is 11.9 Å². The third kappa shape index (κ3) is 11.5. The van der Waals surface area contributed by atoms with Crippen LogP contribution in [0.3, 0.4) is 0 Å². The second-order valence-corrected chi connectivity index (χ2v) is 2.92. The summed E-state index contributed by atoms with van der Waals surface area (Å²) in [5.41, 5.74) is 0. The number of aliphatic carboxylic acids is 2. The van der Waals surface area contributed by atoms with Gasteiger partial charge in [-0.15, -0.1) is 0 Å². The number of benzene rings is 2. The molecule has 0 radical (unpaired) electrons. The zero-order valence-corrected chi connectivity index (χ0v) is 9.64. The highest BCUT2D eigenvalue weighted by Gasteiger charge is 2.04. The molecule has 0 fully saturated rings. The first-order valence-corrected chi connectivity index (χ1v) is 5.11. The minimum absolute atomic E-state index is 1.82. The average molecular weight is 246 g/mol. The Morgan fingerprint density at radius 2 is 0.556 bits per heavy atom. The Hall–Kier alpha value is -2.62. The van der Waals surface area contributed by atoms with E-state index in [9.17, 15) is 0 Å². The molecule has 4 heteroatoms. The van der Waals surface area contributed by atoms with Gasteiger partial charge in [0, 0.05) is 0 Å². The van der Waals surface area contributed by atoms with Crippen LogP contribution in [0.4, 0.5) is 0 Å². The SMILES string of the molecule is O=C(O)C(=O)O.c1ccccc1.c1ccccc1. The first kappa shape index (κ1) is 15.4. The molecule has 0 amide bonds. The summed E-state index contributed by atoms with van der Waals surface area (Å²) in [5.74, 6) is -3.65. The van der Waals surface area contributed by atoms with Crippen LogP contribution in [-0.4, -0.2) is 22.2 Å². The molecule has 0 aliphatic heterocycles. The fraction of sp³-hybridized carbons (Fsp3) is 0. The Morgan fingerprint density at radius 1 is 0.444 bits per heavy atom. The van der Waals surface area contributed by atoms with Gasteiger partial charge in [0.05, 0.1) is 0 Å². The number of carboxylic acids is 2. The van der Waals surface area contributed by atoms with Crippen LogP contribution in [0.15, 0.2) is 72.8 Å². The highest BCUT2D eigenvalue weighted by atomic mass is 16.4. The van der Waals surface area contributed by atoms with Crippen molar-refractivity contribution in [3.05, 3.63) is 72.8 Å². The minimum atomic E-state index is -1.82. The quantitative estimate of drug-likeness (QED) is 0.700. The summed E-state index contributed by atoms with van der Waals surface area (Å²) in [6.45, 7) is 0. The molecule has 2 N–H and O–H groups in total. The molecule has 2 rings (SSSR count). The Balaban J connectivity index is 0.000000241. The zero-order valence-electron chi connectivity index (χ0n) is 9.64. The van der Waals surface area contributed by atoms with Gasteiger partial charge < -0.3 is 10.2 Å². The van der Waals surface area contributed by atoms with Gasteiger partial charge in [-0.1, -0.05) is 72.8 Å². The van der Waals surface area contributed by atoms with E-state index in [2.05, 4.69) is 0 Å². The molecule has 2 aromatic carbocycles. The van der Waals surface area contributed by atoms with E-state index in [1.807, 2.05) is 72.8 Å². The number of carboxylic acid groups (broad SMARTS) is 2. The van der Waals surface area contributed by atoms with E-state index >= 15 is 0 Å². The van der Waals surface area contributed by atoms with Crippen molar-refractivity contribution in [2.24, 2.45) is 0 Å². The van der Waals surface area contributed by atoms with Gasteiger partial charge in [-0.3, -0.25) is 0 Å². The lowest BCUT2D eigenvalue weighted by Crippen LogP contribution is -2.09. The van der Waals surface area contributed by atoms with E-state index in [-0.39, 0.29) is 0 Å². The van der Waals surface area contributed by atoms with E-state index in [1.165, 1.54) is 0 Å². The second kappa shape index (κ2) is 10.9. The number of hydrogen-bond donors (Lipinski definition) is 2. The summed E-state index contributed by atoms with van der Waals surface area (Å²) in [6, 6.07) is 24.0.